The van der Waals surface area contributed by atoms with Crippen molar-refractivity contribution < 1.29 is 23.8 Å². The average molecular weight is 320 g/mol. The Hall–Kier alpha value is -2.04. The van der Waals surface area contributed by atoms with E-state index < -0.39 is 11.6 Å². The van der Waals surface area contributed by atoms with Crippen molar-refractivity contribution in [3.63, 3.8) is 0 Å². The van der Waals surface area contributed by atoms with Crippen LogP contribution in [0.4, 0.5) is 0 Å². The highest BCUT2D eigenvalue weighted by Crippen LogP contribution is 2.48. The van der Waals surface area contributed by atoms with Gasteiger partial charge in [0.15, 0.2) is 0 Å². The van der Waals surface area contributed by atoms with E-state index in [0.717, 1.165) is 12.0 Å². The topological polar surface area (TPSA) is 61.8 Å². The molecule has 0 bridgehead atoms. The van der Waals surface area contributed by atoms with Crippen molar-refractivity contribution in [2.45, 2.75) is 45.6 Å². The molecule has 23 heavy (non-hydrogen) atoms. The molecule has 1 aliphatic rings. The largest absolute Gasteiger partial charge is 0.496 e. The van der Waals surface area contributed by atoms with E-state index in [-0.39, 0.29) is 17.8 Å². The Morgan fingerprint density at radius 1 is 1.26 bits per heavy atom. The van der Waals surface area contributed by atoms with Crippen LogP contribution >= 0.6 is 0 Å². The van der Waals surface area contributed by atoms with Crippen molar-refractivity contribution in [3.8, 4) is 5.75 Å². The molecule has 0 saturated heterocycles. The Bertz CT molecular complexity index is 600. The second kappa shape index (κ2) is 6.60. The van der Waals surface area contributed by atoms with Gasteiger partial charge in [0, 0.05) is 0 Å². The summed E-state index contributed by atoms with van der Waals surface area (Å²) in [5, 5.41) is 0. The molecule has 1 aromatic carbocycles. The Balaban J connectivity index is 2.20. The molecule has 0 spiro atoms. The van der Waals surface area contributed by atoms with Gasteiger partial charge >= 0.3 is 11.9 Å². The highest BCUT2D eigenvalue weighted by atomic mass is 16.6. The Kier molecular flexibility index (Phi) is 4.97. The predicted octanol–water partition coefficient (Wildman–Crippen LogP) is 3.32. The molecule has 2 atom stereocenters. The summed E-state index contributed by atoms with van der Waals surface area (Å²) in [4.78, 5) is 24.1. The molecule has 0 aromatic heterocycles. The fraction of sp³-hybridized carbons (Fsp3) is 0.556. The minimum atomic E-state index is -0.578. The quantitative estimate of drug-likeness (QED) is 0.779. The van der Waals surface area contributed by atoms with Gasteiger partial charge in [0.25, 0.3) is 0 Å². The van der Waals surface area contributed by atoms with Crippen LogP contribution in [0.15, 0.2) is 18.2 Å². The van der Waals surface area contributed by atoms with Gasteiger partial charge in [-0.3, -0.25) is 4.79 Å². The first-order valence-corrected chi connectivity index (χ1v) is 7.84. The SMILES string of the molecule is CCOC(=O)C1CC1c1ccc(OC)c(C(=O)OC(C)(C)C)c1. The van der Waals surface area contributed by atoms with E-state index in [1.165, 1.54) is 7.11 Å². The number of benzene rings is 1. The van der Waals surface area contributed by atoms with Crippen LogP contribution in [0.25, 0.3) is 0 Å². The molecule has 2 rings (SSSR count). The summed E-state index contributed by atoms with van der Waals surface area (Å²) in [6, 6.07) is 5.39. The molecule has 0 N–H and O–H groups in total. The number of hydrogen-bond donors (Lipinski definition) is 0. The van der Waals surface area contributed by atoms with Crippen LogP contribution in [0.2, 0.25) is 0 Å². The Morgan fingerprint density at radius 3 is 2.52 bits per heavy atom. The number of ether oxygens (including phenoxy) is 3. The van der Waals surface area contributed by atoms with E-state index in [0.29, 0.717) is 17.9 Å². The van der Waals surface area contributed by atoms with E-state index in [2.05, 4.69) is 0 Å². The van der Waals surface area contributed by atoms with Crippen LogP contribution in [0.3, 0.4) is 0 Å². The molecule has 2 unspecified atom stereocenters. The van der Waals surface area contributed by atoms with Crippen LogP contribution in [-0.2, 0) is 14.3 Å². The molecule has 126 valence electrons. The Morgan fingerprint density at radius 2 is 1.96 bits per heavy atom. The van der Waals surface area contributed by atoms with Gasteiger partial charge in [0.2, 0.25) is 0 Å². The molecule has 0 heterocycles. The third kappa shape index (κ3) is 4.24. The van der Waals surface area contributed by atoms with Gasteiger partial charge in [-0.15, -0.1) is 0 Å². The number of carbonyl (C=O) groups is 2. The van der Waals surface area contributed by atoms with Crippen molar-refractivity contribution in [2.75, 3.05) is 13.7 Å². The molecule has 5 nitrogen and oxygen atoms in total. The molecular formula is C18H24O5. The first kappa shape index (κ1) is 17.3. The summed E-state index contributed by atoms with van der Waals surface area (Å²) in [7, 11) is 1.52. The van der Waals surface area contributed by atoms with Crippen molar-refractivity contribution >= 4 is 11.9 Å². The van der Waals surface area contributed by atoms with Crippen LogP contribution in [-0.4, -0.2) is 31.3 Å². The summed E-state index contributed by atoms with van der Waals surface area (Å²) in [5.74, 6) is -0.149. The maximum atomic E-state index is 12.4. The lowest BCUT2D eigenvalue weighted by Gasteiger charge is -2.20. The van der Waals surface area contributed by atoms with Gasteiger partial charge in [-0.25, -0.2) is 4.79 Å². The smallest absolute Gasteiger partial charge is 0.342 e. The minimum Gasteiger partial charge on any atom is -0.496 e. The second-order valence-corrected chi connectivity index (χ2v) is 6.66. The summed E-state index contributed by atoms with van der Waals surface area (Å²) in [5.41, 5.74) is 0.740. The van der Waals surface area contributed by atoms with Gasteiger partial charge in [0.05, 0.1) is 19.6 Å². The molecule has 1 fully saturated rings. The van der Waals surface area contributed by atoms with Crippen LogP contribution in [0.1, 0.15) is 56.0 Å². The zero-order valence-corrected chi connectivity index (χ0v) is 14.3. The average Bonchev–Trinajstić information content (AvgIpc) is 3.25. The predicted molar refractivity (Wildman–Crippen MR) is 85.6 cm³/mol. The lowest BCUT2D eigenvalue weighted by molar-refractivity contribution is -0.144. The third-order valence-corrected chi connectivity index (χ3v) is 3.65. The fourth-order valence-electron chi connectivity index (χ4n) is 2.52. The second-order valence-electron chi connectivity index (χ2n) is 6.66. The highest BCUT2D eigenvalue weighted by molar-refractivity contribution is 5.93. The first-order valence-electron chi connectivity index (χ1n) is 7.84. The zero-order chi connectivity index (χ0) is 17.2. The molecular weight excluding hydrogens is 296 g/mol. The van der Waals surface area contributed by atoms with E-state index >= 15 is 0 Å². The standard InChI is InChI=1S/C18H24O5/c1-6-22-16(19)13-10-12(13)11-7-8-15(21-5)14(9-11)17(20)23-18(2,3)4/h7-9,12-13H,6,10H2,1-5H3. The van der Waals surface area contributed by atoms with E-state index in [9.17, 15) is 9.59 Å². The van der Waals surface area contributed by atoms with E-state index in [4.69, 9.17) is 14.2 Å². The summed E-state index contributed by atoms with van der Waals surface area (Å²) in [6.07, 6.45) is 0.749. The van der Waals surface area contributed by atoms with E-state index in [1.54, 1.807) is 19.1 Å². The molecule has 1 saturated carbocycles. The maximum Gasteiger partial charge on any atom is 0.342 e. The molecule has 1 aromatic rings. The monoisotopic (exact) mass is 320 g/mol. The minimum absolute atomic E-state index is 0.0983. The van der Waals surface area contributed by atoms with Gasteiger partial charge in [-0.2, -0.15) is 0 Å². The number of esters is 2. The summed E-state index contributed by atoms with van der Waals surface area (Å²) in [6.45, 7) is 7.63. The Labute approximate surface area is 136 Å². The van der Waals surface area contributed by atoms with Crippen LogP contribution in [0.5, 0.6) is 5.75 Å². The van der Waals surface area contributed by atoms with Crippen molar-refractivity contribution in [1.29, 1.82) is 0 Å². The number of rotatable bonds is 5. The van der Waals surface area contributed by atoms with Gasteiger partial charge in [-0.1, -0.05) is 6.07 Å². The molecule has 0 aliphatic heterocycles. The van der Waals surface area contributed by atoms with Crippen molar-refractivity contribution in [2.24, 2.45) is 5.92 Å². The summed E-state index contributed by atoms with van der Waals surface area (Å²) >= 11 is 0. The van der Waals surface area contributed by atoms with Crippen molar-refractivity contribution in [3.05, 3.63) is 29.3 Å². The zero-order valence-electron chi connectivity index (χ0n) is 14.3. The summed E-state index contributed by atoms with van der Waals surface area (Å²) < 4.78 is 15.7. The van der Waals surface area contributed by atoms with Gasteiger partial charge in [-0.05, 0) is 57.7 Å². The lowest BCUT2D eigenvalue weighted by atomic mass is 10.0. The van der Waals surface area contributed by atoms with Gasteiger partial charge < -0.3 is 14.2 Å². The van der Waals surface area contributed by atoms with E-state index in [1.807, 2.05) is 26.8 Å². The molecule has 0 amide bonds. The molecule has 0 radical (unpaired) electrons. The van der Waals surface area contributed by atoms with Crippen molar-refractivity contribution in [1.82, 2.24) is 0 Å². The highest BCUT2D eigenvalue weighted by Gasteiger charge is 2.45. The number of hydrogen-bond acceptors (Lipinski definition) is 5. The molecule has 5 heteroatoms. The normalized spacial score (nSPS) is 19.9. The van der Waals surface area contributed by atoms with Crippen LogP contribution in [0, 0.1) is 5.92 Å². The maximum absolute atomic E-state index is 12.4. The fourth-order valence-corrected chi connectivity index (χ4v) is 2.52. The van der Waals surface area contributed by atoms with Crippen LogP contribution < -0.4 is 4.74 Å². The third-order valence-electron chi connectivity index (χ3n) is 3.65. The number of carbonyl (C=O) groups excluding carboxylic acids is 2. The first-order chi connectivity index (χ1) is 10.8. The van der Waals surface area contributed by atoms with Gasteiger partial charge in [0.1, 0.15) is 16.9 Å². The molecule has 1 aliphatic carbocycles. The number of methoxy groups -OCH3 is 1. The lowest BCUT2D eigenvalue weighted by Crippen LogP contribution is -2.24.